The lowest BCUT2D eigenvalue weighted by Crippen LogP contribution is -2.48. The molecule has 0 saturated carbocycles. The summed E-state index contributed by atoms with van der Waals surface area (Å²) in [6.07, 6.45) is 4.36. The van der Waals surface area contributed by atoms with Crippen LogP contribution in [0, 0.1) is 11.6 Å². The van der Waals surface area contributed by atoms with Crippen molar-refractivity contribution in [3.8, 4) is 11.3 Å². The molecule has 1 fully saturated rings. The Hall–Kier alpha value is -3.98. The minimum Gasteiger partial charge on any atom is -0.383 e. The number of hydrogen-bond donors (Lipinski definition) is 3. The van der Waals surface area contributed by atoms with E-state index >= 15 is 4.39 Å². The lowest BCUT2D eigenvalue weighted by Gasteiger charge is -2.29. The van der Waals surface area contributed by atoms with Crippen LogP contribution < -0.4 is 10.6 Å². The van der Waals surface area contributed by atoms with Gasteiger partial charge >= 0.3 is 0 Å². The first-order valence-corrected chi connectivity index (χ1v) is 15.6. The van der Waals surface area contributed by atoms with Gasteiger partial charge in [0, 0.05) is 50.1 Å². The van der Waals surface area contributed by atoms with E-state index in [4.69, 9.17) is 4.74 Å². The summed E-state index contributed by atoms with van der Waals surface area (Å²) in [5, 5.41) is 6.25. The molecule has 1 saturated heterocycles. The van der Waals surface area contributed by atoms with Gasteiger partial charge < -0.3 is 25.3 Å². The third-order valence-corrected chi connectivity index (χ3v) is 8.52. The fourth-order valence-electron chi connectivity index (χ4n) is 5.18. The summed E-state index contributed by atoms with van der Waals surface area (Å²) < 4.78 is 59.2. The van der Waals surface area contributed by atoms with Crippen LogP contribution in [-0.4, -0.2) is 98.3 Å². The van der Waals surface area contributed by atoms with Crippen molar-refractivity contribution in [2.45, 2.75) is 17.4 Å². The molecule has 0 unspecified atom stereocenters. The predicted molar refractivity (Wildman–Crippen MR) is 160 cm³/mol. The summed E-state index contributed by atoms with van der Waals surface area (Å²) in [4.78, 5) is 28.6. The molecular formula is C29H33F2N7O4S. The number of aromatic amines is 1. The van der Waals surface area contributed by atoms with E-state index in [9.17, 15) is 17.6 Å². The smallest absolute Gasteiger partial charge is 0.244 e. The van der Waals surface area contributed by atoms with Gasteiger partial charge in [-0.3, -0.25) is 9.69 Å². The summed E-state index contributed by atoms with van der Waals surface area (Å²) in [6.45, 7) is 3.55. The van der Waals surface area contributed by atoms with E-state index < -0.39 is 32.4 Å². The SMILES string of the molecule is COC[C@@H](C(=O)Nc1cccc2c(-c3nc(Nc4cccc(S(C)(=O)=O)c4F)ncc3F)c[nH]c12)N1CCCN(C)CC1. The molecule has 1 atom stereocenters. The van der Waals surface area contributed by atoms with E-state index in [2.05, 4.69) is 42.4 Å². The Bertz CT molecular complexity index is 1750. The van der Waals surface area contributed by atoms with Crippen LogP contribution in [0.4, 0.5) is 26.1 Å². The first-order chi connectivity index (χ1) is 20.6. The molecule has 4 aromatic rings. The number of para-hydroxylation sites is 1. The number of likely N-dealkylation sites (N-methyl/N-ethyl adjacent to an activating group) is 1. The molecule has 0 radical (unpaired) electrons. The molecule has 1 aliphatic heterocycles. The number of fused-ring (bicyclic) bond motifs is 1. The largest absolute Gasteiger partial charge is 0.383 e. The number of hydrogen-bond acceptors (Lipinski definition) is 9. The van der Waals surface area contributed by atoms with Crippen molar-refractivity contribution in [2.75, 3.05) is 63.8 Å². The number of nitrogens with zero attached hydrogens (tertiary/aromatic N) is 4. The van der Waals surface area contributed by atoms with Crippen molar-refractivity contribution in [1.82, 2.24) is 24.8 Å². The van der Waals surface area contributed by atoms with Gasteiger partial charge in [-0.2, -0.15) is 0 Å². The molecule has 2 aromatic heterocycles. The zero-order valence-electron chi connectivity index (χ0n) is 24.0. The zero-order chi connectivity index (χ0) is 30.7. The maximum absolute atomic E-state index is 15.1. The molecular weight excluding hydrogens is 580 g/mol. The number of amides is 1. The van der Waals surface area contributed by atoms with E-state index in [1.54, 1.807) is 31.5 Å². The summed E-state index contributed by atoms with van der Waals surface area (Å²) in [5.41, 5.74) is 1.22. The predicted octanol–water partition coefficient (Wildman–Crippen LogP) is 3.64. The molecule has 5 rings (SSSR count). The Morgan fingerprint density at radius 1 is 1.12 bits per heavy atom. The topological polar surface area (TPSA) is 133 Å². The van der Waals surface area contributed by atoms with Crippen LogP contribution in [0.25, 0.3) is 22.2 Å². The van der Waals surface area contributed by atoms with Crippen LogP contribution in [0.1, 0.15) is 6.42 Å². The quantitative estimate of drug-likeness (QED) is 0.259. The van der Waals surface area contributed by atoms with E-state index in [-0.39, 0.29) is 29.8 Å². The van der Waals surface area contributed by atoms with Crippen molar-refractivity contribution in [3.05, 3.63) is 60.4 Å². The Labute approximate surface area is 248 Å². The van der Waals surface area contributed by atoms with E-state index in [0.29, 0.717) is 22.2 Å². The molecule has 0 spiro atoms. The number of sulfone groups is 1. The summed E-state index contributed by atoms with van der Waals surface area (Å²) in [7, 11) is -0.186. The van der Waals surface area contributed by atoms with Crippen LogP contribution in [0.2, 0.25) is 0 Å². The second-order valence-electron chi connectivity index (χ2n) is 10.5. The number of aromatic nitrogens is 3. The first-order valence-electron chi connectivity index (χ1n) is 13.7. The Morgan fingerprint density at radius 3 is 2.65 bits per heavy atom. The van der Waals surface area contributed by atoms with Gasteiger partial charge in [0.1, 0.15) is 16.6 Å². The van der Waals surface area contributed by atoms with Crippen molar-refractivity contribution < 1.29 is 26.7 Å². The van der Waals surface area contributed by atoms with Crippen molar-refractivity contribution >= 4 is 44.0 Å². The number of anilines is 3. The highest BCUT2D eigenvalue weighted by molar-refractivity contribution is 7.90. The normalized spacial score (nSPS) is 15.7. The van der Waals surface area contributed by atoms with E-state index in [0.717, 1.165) is 51.1 Å². The average molecular weight is 614 g/mol. The molecule has 3 heterocycles. The van der Waals surface area contributed by atoms with Gasteiger partial charge in [-0.25, -0.2) is 27.2 Å². The Kier molecular flexibility index (Phi) is 9.01. The first kappa shape index (κ1) is 30.5. The van der Waals surface area contributed by atoms with Gasteiger partial charge in [-0.05, 0) is 38.2 Å². The zero-order valence-corrected chi connectivity index (χ0v) is 24.8. The number of carbonyl (C=O) groups is 1. The molecule has 3 N–H and O–H groups in total. The van der Waals surface area contributed by atoms with Crippen LogP contribution in [0.15, 0.2) is 53.7 Å². The van der Waals surface area contributed by atoms with Gasteiger partial charge in [0.15, 0.2) is 21.5 Å². The highest BCUT2D eigenvalue weighted by Crippen LogP contribution is 2.34. The molecule has 228 valence electrons. The Balaban J connectivity index is 1.43. The molecule has 2 aromatic carbocycles. The number of carbonyl (C=O) groups excluding carboxylic acids is 1. The van der Waals surface area contributed by atoms with Gasteiger partial charge in [0.25, 0.3) is 0 Å². The maximum Gasteiger partial charge on any atom is 0.244 e. The second kappa shape index (κ2) is 12.7. The minimum atomic E-state index is -3.82. The number of H-pyrrole nitrogens is 1. The Morgan fingerprint density at radius 2 is 1.88 bits per heavy atom. The van der Waals surface area contributed by atoms with Crippen LogP contribution in [-0.2, 0) is 19.4 Å². The number of rotatable bonds is 9. The van der Waals surface area contributed by atoms with Crippen LogP contribution in [0.3, 0.4) is 0 Å². The number of nitrogens with one attached hydrogen (secondary N) is 3. The highest BCUT2D eigenvalue weighted by Gasteiger charge is 2.28. The maximum atomic E-state index is 15.1. The average Bonchev–Trinajstić information content (AvgIpc) is 3.28. The molecule has 0 aliphatic carbocycles. The van der Waals surface area contributed by atoms with Crippen LogP contribution in [0.5, 0.6) is 0 Å². The van der Waals surface area contributed by atoms with E-state index in [1.165, 1.54) is 12.1 Å². The second-order valence-corrected chi connectivity index (χ2v) is 12.5. The fourth-order valence-corrected chi connectivity index (χ4v) is 5.95. The summed E-state index contributed by atoms with van der Waals surface area (Å²) >= 11 is 0. The van der Waals surface area contributed by atoms with Gasteiger partial charge in [-0.15, -0.1) is 0 Å². The summed E-state index contributed by atoms with van der Waals surface area (Å²) in [6, 6.07) is 8.63. The molecule has 1 amide bonds. The fraction of sp³-hybridized carbons (Fsp3) is 0.345. The van der Waals surface area contributed by atoms with Gasteiger partial charge in [0.2, 0.25) is 11.9 Å². The van der Waals surface area contributed by atoms with Crippen LogP contribution >= 0.6 is 0 Å². The third kappa shape index (κ3) is 6.67. The minimum absolute atomic E-state index is 0.0714. The molecule has 11 nitrogen and oxygen atoms in total. The standard InChI is InChI=1S/C29H33F2N7O4S/c1-37-11-6-12-38(14-13-37)23(17-42-2)28(39)34-22-9-4-7-18-19(15-32-27(18)22)26-20(30)16-33-29(36-26)35-21-8-5-10-24(25(21)31)43(3,40)41/h4-5,7-10,15-16,23,32H,6,11-14,17H2,1-3H3,(H,34,39)(H,33,35,36)/t23-/m0/s1. The van der Waals surface area contributed by atoms with Crippen molar-refractivity contribution in [3.63, 3.8) is 0 Å². The number of halogens is 2. The number of methoxy groups -OCH3 is 1. The van der Waals surface area contributed by atoms with Crippen molar-refractivity contribution in [1.29, 1.82) is 0 Å². The molecule has 14 heteroatoms. The van der Waals surface area contributed by atoms with Crippen molar-refractivity contribution in [2.24, 2.45) is 0 Å². The molecule has 1 aliphatic rings. The third-order valence-electron chi connectivity index (χ3n) is 7.40. The van der Waals surface area contributed by atoms with Gasteiger partial charge in [0.05, 0.1) is 29.7 Å². The highest BCUT2D eigenvalue weighted by atomic mass is 32.2. The monoisotopic (exact) mass is 613 g/mol. The van der Waals surface area contributed by atoms with E-state index in [1.807, 2.05) is 0 Å². The molecule has 43 heavy (non-hydrogen) atoms. The van der Waals surface area contributed by atoms with Gasteiger partial charge in [-0.1, -0.05) is 18.2 Å². The lowest BCUT2D eigenvalue weighted by molar-refractivity contribution is -0.123. The number of benzene rings is 2. The lowest BCUT2D eigenvalue weighted by atomic mass is 10.1. The number of ether oxygens (including phenoxy) is 1. The molecule has 0 bridgehead atoms. The summed E-state index contributed by atoms with van der Waals surface area (Å²) in [5.74, 6) is -2.07.